The van der Waals surface area contributed by atoms with E-state index in [0.717, 1.165) is 5.69 Å². The number of nitrogens with one attached hydrogen (secondary N) is 1. The molecule has 1 N–H and O–H groups in total. The molecular weight excluding hydrogens is 644 g/mol. The molecule has 1 fully saturated rings. The number of benzene rings is 2. The number of nitrogens with zero attached hydrogens (tertiary/aromatic N) is 5. The summed E-state index contributed by atoms with van der Waals surface area (Å²) in [6.07, 6.45) is -9.99. The van der Waals surface area contributed by atoms with Gasteiger partial charge in [0.1, 0.15) is 11.5 Å². The molecule has 3 aromatic rings. The normalized spacial score (nSPS) is 17.9. The number of aromatic nitrogens is 3. The van der Waals surface area contributed by atoms with E-state index in [0.29, 0.717) is 29.9 Å². The zero-order valence-corrected chi connectivity index (χ0v) is 25.4. The van der Waals surface area contributed by atoms with Gasteiger partial charge in [0, 0.05) is 20.1 Å². The van der Waals surface area contributed by atoms with E-state index in [1.165, 1.54) is 24.1 Å². The number of ether oxygens (including phenoxy) is 1. The Morgan fingerprint density at radius 3 is 2.14 bits per heavy atom. The Morgan fingerprint density at radius 2 is 1.59 bits per heavy atom. The summed E-state index contributed by atoms with van der Waals surface area (Å²) in [7, 11) is 5.26. The van der Waals surface area contributed by atoms with Crippen LogP contribution in [0.15, 0.2) is 42.5 Å². The molecule has 17 heteroatoms. The Kier molecular flexibility index (Phi) is 12.6. The van der Waals surface area contributed by atoms with Gasteiger partial charge in [0.15, 0.2) is 0 Å². The zero-order valence-electron chi connectivity index (χ0n) is 23.7. The fourth-order valence-corrected chi connectivity index (χ4v) is 4.91. The van der Waals surface area contributed by atoms with E-state index in [-0.39, 0.29) is 62.0 Å². The van der Waals surface area contributed by atoms with Crippen molar-refractivity contribution in [1.29, 1.82) is 0 Å². The van der Waals surface area contributed by atoms with Gasteiger partial charge in [-0.05, 0) is 55.6 Å². The number of rotatable bonds is 9. The quantitative estimate of drug-likeness (QED) is 0.303. The van der Waals surface area contributed by atoms with Crippen LogP contribution >= 0.6 is 24.8 Å². The van der Waals surface area contributed by atoms with Gasteiger partial charge < -0.3 is 14.5 Å². The Bertz CT molecular complexity index is 1350. The molecule has 0 radical (unpaired) electrons. The smallest absolute Gasteiger partial charge is 0.375 e. The molecule has 0 unspecified atom stereocenters. The predicted octanol–water partition coefficient (Wildman–Crippen LogP) is 5.49. The van der Waals surface area contributed by atoms with Crippen molar-refractivity contribution in [3.8, 4) is 0 Å². The van der Waals surface area contributed by atoms with Gasteiger partial charge >= 0.3 is 12.4 Å². The number of hydrogen-bond donors (Lipinski definition) is 1. The SMILES string of the molecule is CN(C)Cc1[nH]nnc1CN1CC(=O)N(C)[C@H](COCc2cc(C(F)(F)F)cc(C(F)(F)F)c2)[C@@H]1c1ccc(F)cc1.Cl.Cl. The maximum atomic E-state index is 13.8. The molecule has 8 nitrogen and oxygen atoms in total. The first kappa shape index (κ1) is 37.2. The molecular formula is C27H31Cl2F7N6O2. The lowest BCUT2D eigenvalue weighted by atomic mass is 9.93. The van der Waals surface area contributed by atoms with Crippen LogP contribution in [-0.2, 0) is 41.6 Å². The maximum Gasteiger partial charge on any atom is 0.416 e. The van der Waals surface area contributed by atoms with Crippen molar-refractivity contribution < 1.29 is 40.3 Å². The van der Waals surface area contributed by atoms with Crippen molar-refractivity contribution in [2.45, 2.75) is 44.1 Å². The number of aromatic amines is 1. The third-order valence-electron chi connectivity index (χ3n) is 6.93. The van der Waals surface area contributed by atoms with Gasteiger partial charge in [-0.25, -0.2) is 4.39 Å². The lowest BCUT2D eigenvalue weighted by molar-refractivity contribution is -0.146. The van der Waals surface area contributed by atoms with Gasteiger partial charge in [-0.1, -0.05) is 17.3 Å². The van der Waals surface area contributed by atoms with Crippen molar-refractivity contribution in [2.75, 3.05) is 34.3 Å². The largest absolute Gasteiger partial charge is 0.416 e. The number of likely N-dealkylation sites (N-methyl/N-ethyl adjacent to an activating group) is 1. The van der Waals surface area contributed by atoms with E-state index in [4.69, 9.17) is 4.74 Å². The Hall–Kier alpha value is -2.98. The maximum absolute atomic E-state index is 13.8. The highest BCUT2D eigenvalue weighted by Gasteiger charge is 2.41. The average molecular weight is 675 g/mol. The molecule has 2 aromatic carbocycles. The van der Waals surface area contributed by atoms with Crippen LogP contribution in [0.25, 0.3) is 0 Å². The van der Waals surface area contributed by atoms with Crippen LogP contribution in [0.5, 0.6) is 0 Å². The fraction of sp³-hybridized carbons (Fsp3) is 0.444. The standard InChI is InChI=1S/C27H29F7N6O2.2ClH/c1-38(2)11-21-22(36-37-35-21)12-40-13-24(41)39(3)23(25(40)17-4-6-20(28)7-5-17)15-42-14-16-8-18(26(29,30)31)10-19(9-16)27(32,33)34;;/h4-10,23,25H,11-15H2,1-3H3,(H,35,36,37);2*1H/t23-,25+;;/m1../s1. The molecule has 244 valence electrons. The molecule has 0 aliphatic carbocycles. The summed E-state index contributed by atoms with van der Waals surface area (Å²) in [5.41, 5.74) is -1.29. The van der Waals surface area contributed by atoms with Crippen LogP contribution in [0.3, 0.4) is 0 Å². The Morgan fingerprint density at radius 1 is 1.00 bits per heavy atom. The summed E-state index contributed by atoms with van der Waals surface area (Å²) in [6.45, 7) is -0.166. The van der Waals surface area contributed by atoms with Crippen LogP contribution in [0.4, 0.5) is 30.7 Å². The third-order valence-corrected chi connectivity index (χ3v) is 6.93. The van der Waals surface area contributed by atoms with Crippen LogP contribution in [0, 0.1) is 5.82 Å². The van der Waals surface area contributed by atoms with Gasteiger partial charge in [0.25, 0.3) is 0 Å². The number of amides is 1. The molecule has 44 heavy (non-hydrogen) atoms. The number of carbonyl (C=O) groups is 1. The van der Waals surface area contributed by atoms with Crippen molar-refractivity contribution in [1.82, 2.24) is 30.1 Å². The lowest BCUT2D eigenvalue weighted by Crippen LogP contribution is -2.57. The van der Waals surface area contributed by atoms with E-state index in [1.54, 1.807) is 12.1 Å². The topological polar surface area (TPSA) is 77.6 Å². The summed E-state index contributed by atoms with van der Waals surface area (Å²) in [5.74, 6) is -0.772. The molecule has 1 amide bonds. The van der Waals surface area contributed by atoms with Gasteiger partial charge in [-0.2, -0.15) is 26.3 Å². The summed E-state index contributed by atoms with van der Waals surface area (Å²) in [5, 5.41) is 10.9. The predicted molar refractivity (Wildman–Crippen MR) is 150 cm³/mol. The number of hydrogen-bond acceptors (Lipinski definition) is 6. The van der Waals surface area contributed by atoms with E-state index < -0.39 is 48.0 Å². The highest BCUT2D eigenvalue weighted by atomic mass is 35.5. The minimum Gasteiger partial charge on any atom is -0.375 e. The van der Waals surface area contributed by atoms with E-state index in [1.807, 2.05) is 23.9 Å². The fourth-order valence-electron chi connectivity index (χ4n) is 4.91. The van der Waals surface area contributed by atoms with Crippen LogP contribution in [0.2, 0.25) is 0 Å². The molecule has 0 saturated carbocycles. The molecule has 1 saturated heterocycles. The van der Waals surface area contributed by atoms with E-state index >= 15 is 0 Å². The highest BCUT2D eigenvalue weighted by Crippen LogP contribution is 2.37. The minimum absolute atomic E-state index is 0. The van der Waals surface area contributed by atoms with Crippen molar-refractivity contribution in [3.63, 3.8) is 0 Å². The second kappa shape index (κ2) is 14.9. The first-order valence-corrected chi connectivity index (χ1v) is 12.8. The molecule has 4 rings (SSSR count). The lowest BCUT2D eigenvalue weighted by Gasteiger charge is -2.46. The molecule has 1 aliphatic heterocycles. The van der Waals surface area contributed by atoms with Crippen LogP contribution in [0.1, 0.15) is 39.7 Å². The van der Waals surface area contributed by atoms with Crippen LogP contribution in [-0.4, -0.2) is 76.4 Å². The Balaban J connectivity index is 0.00000337. The van der Waals surface area contributed by atoms with Crippen molar-refractivity contribution >= 4 is 30.7 Å². The van der Waals surface area contributed by atoms with Crippen molar-refractivity contribution in [3.05, 3.63) is 81.9 Å². The molecule has 1 aromatic heterocycles. The van der Waals surface area contributed by atoms with Gasteiger partial charge in [-0.15, -0.1) is 29.9 Å². The zero-order chi connectivity index (χ0) is 30.8. The summed E-state index contributed by atoms with van der Waals surface area (Å²) in [4.78, 5) is 18.2. The first-order chi connectivity index (χ1) is 19.6. The first-order valence-electron chi connectivity index (χ1n) is 12.8. The number of piperazine rings is 1. The summed E-state index contributed by atoms with van der Waals surface area (Å²) in [6, 6.07) is 5.57. The number of halogens is 9. The van der Waals surface area contributed by atoms with Crippen molar-refractivity contribution in [2.24, 2.45) is 0 Å². The second-order valence-electron chi connectivity index (χ2n) is 10.4. The molecule has 1 aliphatic rings. The van der Waals surface area contributed by atoms with E-state index in [9.17, 15) is 35.5 Å². The van der Waals surface area contributed by atoms with Crippen LogP contribution < -0.4 is 0 Å². The van der Waals surface area contributed by atoms with Gasteiger partial charge in [-0.3, -0.25) is 14.8 Å². The van der Waals surface area contributed by atoms with E-state index in [2.05, 4.69) is 15.4 Å². The summed E-state index contributed by atoms with van der Waals surface area (Å²) < 4.78 is 99.3. The minimum atomic E-state index is -4.99. The number of alkyl halides is 6. The Labute approximate surface area is 261 Å². The number of H-pyrrole nitrogens is 1. The molecule has 0 bridgehead atoms. The summed E-state index contributed by atoms with van der Waals surface area (Å²) >= 11 is 0. The molecule has 0 spiro atoms. The average Bonchev–Trinajstić information content (AvgIpc) is 3.32. The third kappa shape index (κ3) is 9.03. The molecule has 2 heterocycles. The molecule has 2 atom stereocenters. The number of carbonyl (C=O) groups excluding carboxylic acids is 1. The van der Waals surface area contributed by atoms with Gasteiger partial charge in [0.05, 0.1) is 48.7 Å². The monoisotopic (exact) mass is 674 g/mol. The van der Waals surface area contributed by atoms with Gasteiger partial charge in [0.2, 0.25) is 5.91 Å². The highest BCUT2D eigenvalue weighted by molar-refractivity contribution is 5.85. The second-order valence-corrected chi connectivity index (χ2v) is 10.4.